The van der Waals surface area contributed by atoms with Crippen LogP contribution < -0.4 is 15.5 Å². The zero-order valence-electron chi connectivity index (χ0n) is 14.9. The lowest BCUT2D eigenvalue weighted by Gasteiger charge is -2.37. The monoisotopic (exact) mass is 395 g/mol. The smallest absolute Gasteiger partial charge is 0.263 e. The molecule has 2 amide bonds. The largest absolute Gasteiger partial charge is 0.481 e. The summed E-state index contributed by atoms with van der Waals surface area (Å²) in [5.74, 6) is 4.63. The van der Waals surface area contributed by atoms with E-state index in [1.54, 1.807) is 0 Å². The Bertz CT molecular complexity index is 857. The highest BCUT2D eigenvalue weighted by Crippen LogP contribution is 2.24. The van der Waals surface area contributed by atoms with Gasteiger partial charge in [0.25, 0.3) is 5.91 Å². The van der Waals surface area contributed by atoms with E-state index < -0.39 is 40.5 Å². The van der Waals surface area contributed by atoms with Crippen LogP contribution in [0.25, 0.3) is 0 Å². The summed E-state index contributed by atoms with van der Waals surface area (Å²) >= 11 is 0. The first kappa shape index (κ1) is 20.7. The average molecular weight is 395 g/mol. The lowest BCUT2D eigenvalue weighted by Crippen LogP contribution is -2.65. The third kappa shape index (κ3) is 4.77. The molecule has 146 valence electrons. The van der Waals surface area contributed by atoms with Gasteiger partial charge < -0.3 is 10.1 Å². The van der Waals surface area contributed by atoms with Crippen molar-refractivity contribution >= 4 is 21.8 Å². The highest BCUT2D eigenvalue weighted by atomic mass is 32.2. The molecule has 9 nitrogen and oxygen atoms in total. The fraction of sp³-hybridized carbons (Fsp3) is 0.412. The minimum atomic E-state index is -4.16. The molecule has 1 aromatic rings. The molecule has 0 bridgehead atoms. The van der Waals surface area contributed by atoms with Gasteiger partial charge in [-0.1, -0.05) is 12.8 Å². The Morgan fingerprint density at radius 2 is 2.04 bits per heavy atom. The highest BCUT2D eigenvalue weighted by Gasteiger charge is 2.44. The summed E-state index contributed by atoms with van der Waals surface area (Å²) in [5.41, 5.74) is 1.45. The molecule has 1 aliphatic rings. The molecule has 0 aromatic heterocycles. The molecule has 0 aliphatic carbocycles. The van der Waals surface area contributed by atoms with Gasteiger partial charge in [0.1, 0.15) is 18.4 Å². The summed E-state index contributed by atoms with van der Waals surface area (Å²) in [4.78, 5) is 23.6. The molecule has 1 fully saturated rings. The number of amides is 2. The summed E-state index contributed by atoms with van der Waals surface area (Å²) in [5, 5.41) is 11.4. The number of rotatable bonds is 5. The second-order valence-corrected chi connectivity index (χ2v) is 7.69. The molecule has 10 heteroatoms. The fourth-order valence-corrected chi connectivity index (χ4v) is 4.28. The number of ether oxygens (including phenoxy) is 1. The second kappa shape index (κ2) is 8.85. The van der Waals surface area contributed by atoms with Crippen LogP contribution in [0.4, 0.5) is 0 Å². The molecule has 1 saturated heterocycles. The van der Waals surface area contributed by atoms with E-state index in [1.807, 2.05) is 6.92 Å². The third-order valence-electron chi connectivity index (χ3n) is 3.89. The summed E-state index contributed by atoms with van der Waals surface area (Å²) in [6.07, 6.45) is 0.713. The number of nitrogens with zero attached hydrogens (tertiary/aromatic N) is 1. The van der Waals surface area contributed by atoms with Crippen molar-refractivity contribution in [1.29, 1.82) is 0 Å². The second-order valence-electron chi connectivity index (χ2n) is 5.79. The summed E-state index contributed by atoms with van der Waals surface area (Å²) in [6.45, 7) is 3.05. The van der Waals surface area contributed by atoms with E-state index in [0.29, 0.717) is 12.2 Å². The number of hydrogen-bond donors (Lipinski definition) is 3. The fourth-order valence-electron chi connectivity index (χ4n) is 2.66. The molecule has 3 N–H and O–H groups in total. The molecule has 0 radical (unpaired) electrons. The summed E-state index contributed by atoms with van der Waals surface area (Å²) in [7, 11) is -4.16. The topological polar surface area (TPSA) is 125 Å². The van der Waals surface area contributed by atoms with Crippen molar-refractivity contribution < 1.29 is 28.0 Å². The zero-order valence-corrected chi connectivity index (χ0v) is 15.7. The highest BCUT2D eigenvalue weighted by molar-refractivity contribution is 7.89. The molecule has 2 atom stereocenters. The van der Waals surface area contributed by atoms with Crippen LogP contribution in [0.3, 0.4) is 0 Å². The van der Waals surface area contributed by atoms with Crippen LogP contribution in [-0.2, 0) is 19.6 Å². The predicted molar refractivity (Wildman–Crippen MR) is 95.2 cm³/mol. The van der Waals surface area contributed by atoms with Gasteiger partial charge >= 0.3 is 0 Å². The van der Waals surface area contributed by atoms with E-state index in [4.69, 9.17) is 9.94 Å². The minimum absolute atomic E-state index is 0.105. The molecule has 2 unspecified atom stereocenters. The maximum absolute atomic E-state index is 12.9. The van der Waals surface area contributed by atoms with Crippen molar-refractivity contribution in [2.24, 2.45) is 0 Å². The van der Waals surface area contributed by atoms with Crippen molar-refractivity contribution in [3.05, 3.63) is 24.3 Å². The molecule has 1 aliphatic heterocycles. The van der Waals surface area contributed by atoms with E-state index in [0.717, 1.165) is 4.31 Å². The van der Waals surface area contributed by atoms with Crippen molar-refractivity contribution in [3.63, 3.8) is 0 Å². The molecule has 0 spiro atoms. The molecular formula is C17H21N3O6S. The number of benzene rings is 1. The number of carbonyl (C=O) groups is 2. The van der Waals surface area contributed by atoms with Gasteiger partial charge in [-0.3, -0.25) is 14.8 Å². The molecule has 1 heterocycles. The zero-order chi connectivity index (χ0) is 20.0. The van der Waals surface area contributed by atoms with Crippen molar-refractivity contribution in [2.45, 2.75) is 37.2 Å². The molecule has 1 aromatic carbocycles. The van der Waals surface area contributed by atoms with Crippen LogP contribution in [0, 0.1) is 11.8 Å². The Balaban J connectivity index is 2.26. The van der Waals surface area contributed by atoms with Crippen molar-refractivity contribution in [1.82, 2.24) is 15.1 Å². The van der Waals surface area contributed by atoms with Crippen LogP contribution in [0.15, 0.2) is 29.2 Å². The normalized spacial score (nSPS) is 20.2. The van der Waals surface area contributed by atoms with E-state index in [1.165, 1.54) is 36.7 Å². The number of nitrogens with one attached hydrogen (secondary N) is 2. The van der Waals surface area contributed by atoms with Gasteiger partial charge in [0.2, 0.25) is 15.9 Å². The van der Waals surface area contributed by atoms with Gasteiger partial charge in [-0.2, -0.15) is 4.31 Å². The van der Waals surface area contributed by atoms with E-state index in [9.17, 15) is 18.0 Å². The van der Waals surface area contributed by atoms with E-state index in [2.05, 4.69) is 17.2 Å². The van der Waals surface area contributed by atoms with E-state index >= 15 is 0 Å². The number of sulfonamides is 1. The lowest BCUT2D eigenvalue weighted by atomic mass is 10.1. The number of hydrogen-bond acceptors (Lipinski definition) is 6. The molecule has 27 heavy (non-hydrogen) atoms. The first-order valence-electron chi connectivity index (χ1n) is 8.25. The standard InChI is InChI=1S/C17H21N3O6S/c1-3-4-5-10-26-13-6-8-14(9-7-13)27(24,25)20-11-15(21)18-12(2)16(20)17(22)19-23/h6-9,12,16,23H,3,10-11H2,1-2H3,(H,18,21)(H,19,22). The van der Waals surface area contributed by atoms with Crippen LogP contribution in [-0.4, -0.2) is 55.0 Å². The van der Waals surface area contributed by atoms with Gasteiger partial charge in [-0.05, 0) is 31.2 Å². The lowest BCUT2D eigenvalue weighted by molar-refractivity contribution is -0.137. The number of piperazine rings is 1. The molecule has 2 rings (SSSR count). The summed E-state index contributed by atoms with van der Waals surface area (Å²) in [6, 6.07) is 3.49. The first-order valence-corrected chi connectivity index (χ1v) is 9.69. The van der Waals surface area contributed by atoms with Crippen molar-refractivity contribution in [3.8, 4) is 17.6 Å². The minimum Gasteiger partial charge on any atom is -0.481 e. The van der Waals surface area contributed by atoms with Crippen molar-refractivity contribution in [2.75, 3.05) is 13.2 Å². The quantitative estimate of drug-likeness (QED) is 0.362. The Labute approximate surface area is 157 Å². The molecule has 0 saturated carbocycles. The maximum Gasteiger partial charge on any atom is 0.263 e. The number of carbonyl (C=O) groups excluding carboxylic acids is 2. The third-order valence-corrected chi connectivity index (χ3v) is 5.74. The van der Waals surface area contributed by atoms with E-state index in [-0.39, 0.29) is 11.5 Å². The van der Waals surface area contributed by atoms with Gasteiger partial charge in [-0.25, -0.2) is 13.9 Å². The Hall–Kier alpha value is -2.61. The maximum atomic E-state index is 12.9. The predicted octanol–water partition coefficient (Wildman–Crippen LogP) is -0.138. The van der Waals surface area contributed by atoms with Gasteiger partial charge in [0.15, 0.2) is 0 Å². The van der Waals surface area contributed by atoms with Crippen LogP contribution in [0.1, 0.15) is 20.3 Å². The Morgan fingerprint density at radius 3 is 2.63 bits per heavy atom. The van der Waals surface area contributed by atoms with Gasteiger partial charge in [0.05, 0.1) is 17.5 Å². The SMILES string of the molecule is CCC#CCOc1ccc(S(=O)(=O)N2CC(=O)NC(C)C2C(=O)NO)cc1. The molecular weight excluding hydrogens is 374 g/mol. The van der Waals surface area contributed by atoms with Gasteiger partial charge in [0, 0.05) is 6.42 Å². The van der Waals surface area contributed by atoms with Crippen LogP contribution >= 0.6 is 0 Å². The number of hydroxylamine groups is 1. The van der Waals surface area contributed by atoms with Crippen LogP contribution in [0.5, 0.6) is 5.75 Å². The Kier molecular flexibility index (Phi) is 6.79. The first-order chi connectivity index (χ1) is 12.8. The summed E-state index contributed by atoms with van der Waals surface area (Å²) < 4.78 is 32.0. The Morgan fingerprint density at radius 1 is 1.37 bits per heavy atom. The van der Waals surface area contributed by atoms with Crippen LogP contribution in [0.2, 0.25) is 0 Å². The average Bonchev–Trinajstić information content (AvgIpc) is 2.64. The van der Waals surface area contributed by atoms with Gasteiger partial charge in [-0.15, -0.1) is 5.92 Å².